The summed E-state index contributed by atoms with van der Waals surface area (Å²) in [5, 5.41) is 4.56. The van der Waals surface area contributed by atoms with Crippen LogP contribution in [0.3, 0.4) is 0 Å². The molecule has 2 aromatic rings. The van der Waals surface area contributed by atoms with Gasteiger partial charge in [0.2, 0.25) is 0 Å². The summed E-state index contributed by atoms with van der Waals surface area (Å²) in [5.41, 5.74) is 0.983. The summed E-state index contributed by atoms with van der Waals surface area (Å²) in [5.74, 6) is 0.630. The predicted octanol–water partition coefficient (Wildman–Crippen LogP) is 3.17. The second-order valence-electron chi connectivity index (χ2n) is 6.48. The van der Waals surface area contributed by atoms with Gasteiger partial charge in [0.1, 0.15) is 11.9 Å². The number of benzene rings is 1. The lowest BCUT2D eigenvalue weighted by Crippen LogP contribution is -2.51. The number of ether oxygens (including phenoxy) is 1. The molecule has 0 saturated carbocycles. The summed E-state index contributed by atoms with van der Waals surface area (Å²) >= 11 is 1.73. The quantitative estimate of drug-likeness (QED) is 0.658. The molecule has 1 N–H and O–H groups in total. The van der Waals surface area contributed by atoms with Gasteiger partial charge in [-0.2, -0.15) is 0 Å². The van der Waals surface area contributed by atoms with Crippen molar-refractivity contribution in [3.8, 4) is 0 Å². The van der Waals surface area contributed by atoms with Crippen LogP contribution in [0, 0.1) is 12.7 Å². The van der Waals surface area contributed by atoms with E-state index in [0.29, 0.717) is 6.54 Å². The van der Waals surface area contributed by atoms with Crippen LogP contribution in [0.2, 0.25) is 0 Å². The first-order chi connectivity index (χ1) is 12.5. The first-order valence-corrected chi connectivity index (χ1v) is 9.64. The maximum Gasteiger partial charge on any atom is 0.193 e. The van der Waals surface area contributed by atoms with Crippen LogP contribution in [-0.4, -0.2) is 48.6 Å². The number of aryl methyl sites for hydroxylation is 1. The molecule has 2 atom stereocenters. The highest BCUT2D eigenvalue weighted by Crippen LogP contribution is 2.25. The number of aliphatic imine (C=N–C) groups is 1. The Morgan fingerprint density at radius 3 is 2.81 bits per heavy atom. The minimum atomic E-state index is -0.232. The highest BCUT2D eigenvalue weighted by Gasteiger charge is 2.28. The van der Waals surface area contributed by atoms with Crippen molar-refractivity contribution in [3.05, 3.63) is 51.7 Å². The third-order valence-corrected chi connectivity index (χ3v) is 5.28. The lowest BCUT2D eigenvalue weighted by Gasteiger charge is -2.38. The Labute approximate surface area is 157 Å². The Morgan fingerprint density at radius 1 is 1.38 bits per heavy atom. The van der Waals surface area contributed by atoms with Gasteiger partial charge >= 0.3 is 0 Å². The smallest absolute Gasteiger partial charge is 0.193 e. The van der Waals surface area contributed by atoms with Crippen LogP contribution in [0.4, 0.5) is 4.39 Å². The number of nitrogens with one attached hydrogen (secondary N) is 1. The van der Waals surface area contributed by atoms with Gasteiger partial charge in [0.15, 0.2) is 5.96 Å². The number of nitrogens with zero attached hydrogens (tertiary/aromatic N) is 3. The van der Waals surface area contributed by atoms with Crippen LogP contribution in [0.1, 0.15) is 28.5 Å². The summed E-state index contributed by atoms with van der Waals surface area (Å²) in [4.78, 5) is 12.3. The topological polar surface area (TPSA) is 49.8 Å². The molecule has 140 valence electrons. The van der Waals surface area contributed by atoms with Gasteiger partial charge in [0.05, 0.1) is 17.7 Å². The van der Waals surface area contributed by atoms with Gasteiger partial charge in [-0.15, -0.1) is 11.3 Å². The minimum Gasteiger partial charge on any atom is -0.367 e. The van der Waals surface area contributed by atoms with Crippen LogP contribution in [0.15, 0.2) is 35.5 Å². The van der Waals surface area contributed by atoms with E-state index in [-0.39, 0.29) is 18.0 Å². The highest BCUT2D eigenvalue weighted by atomic mass is 32.1. The summed E-state index contributed by atoms with van der Waals surface area (Å²) < 4.78 is 19.2. The van der Waals surface area contributed by atoms with E-state index >= 15 is 0 Å². The van der Waals surface area contributed by atoms with Crippen molar-refractivity contribution >= 4 is 17.3 Å². The third kappa shape index (κ3) is 4.80. The summed E-state index contributed by atoms with van der Waals surface area (Å²) in [6, 6.07) is 6.53. The van der Waals surface area contributed by atoms with Crippen molar-refractivity contribution in [3.63, 3.8) is 0 Å². The molecule has 1 fully saturated rings. The molecular weight excluding hydrogens is 351 g/mol. The Bertz CT molecular complexity index is 746. The normalized spacial score (nSPS) is 21.1. The van der Waals surface area contributed by atoms with E-state index in [4.69, 9.17) is 4.74 Å². The van der Waals surface area contributed by atoms with E-state index in [2.05, 4.69) is 27.1 Å². The number of thiazole rings is 1. The van der Waals surface area contributed by atoms with Crippen LogP contribution in [0.25, 0.3) is 0 Å². The number of rotatable bonds is 4. The minimum absolute atomic E-state index is 0.0685. The molecular formula is C19H25FN4OS. The Balaban J connectivity index is 1.60. The second-order valence-corrected chi connectivity index (χ2v) is 7.80. The average Bonchev–Trinajstić information content (AvgIpc) is 3.04. The van der Waals surface area contributed by atoms with Gasteiger partial charge in [-0.1, -0.05) is 12.1 Å². The lowest BCUT2D eigenvalue weighted by molar-refractivity contribution is -0.0604. The van der Waals surface area contributed by atoms with E-state index in [9.17, 15) is 4.39 Å². The standard InChI is InChI=1S/C19H25FN4OS/c1-13-11-24(12-17(25-13)15-4-6-16(20)7-5-15)19(21-3)22-9-8-18-23-10-14(2)26-18/h4-7,10,13,17H,8-9,11-12H2,1-3H3,(H,21,22). The van der Waals surface area contributed by atoms with Crippen molar-refractivity contribution in [2.75, 3.05) is 26.7 Å². The molecule has 0 radical (unpaired) electrons. The highest BCUT2D eigenvalue weighted by molar-refractivity contribution is 7.11. The van der Waals surface area contributed by atoms with Crippen LogP contribution >= 0.6 is 11.3 Å². The van der Waals surface area contributed by atoms with Crippen molar-refractivity contribution in [1.82, 2.24) is 15.2 Å². The van der Waals surface area contributed by atoms with Crippen molar-refractivity contribution in [2.24, 2.45) is 4.99 Å². The van der Waals surface area contributed by atoms with E-state index in [1.165, 1.54) is 17.0 Å². The molecule has 2 heterocycles. The zero-order chi connectivity index (χ0) is 18.5. The second kappa shape index (κ2) is 8.60. The summed E-state index contributed by atoms with van der Waals surface area (Å²) in [6.45, 7) is 6.36. The number of hydrogen-bond acceptors (Lipinski definition) is 4. The van der Waals surface area contributed by atoms with Crippen molar-refractivity contribution < 1.29 is 9.13 Å². The zero-order valence-electron chi connectivity index (χ0n) is 15.4. The van der Waals surface area contributed by atoms with Gasteiger partial charge in [-0.3, -0.25) is 4.99 Å². The molecule has 1 aromatic carbocycles. The van der Waals surface area contributed by atoms with Gasteiger partial charge in [-0.25, -0.2) is 9.37 Å². The maximum absolute atomic E-state index is 13.2. The average molecular weight is 377 g/mol. The van der Waals surface area contributed by atoms with E-state index in [0.717, 1.165) is 36.0 Å². The van der Waals surface area contributed by atoms with E-state index < -0.39 is 0 Å². The molecule has 5 nitrogen and oxygen atoms in total. The number of aromatic nitrogens is 1. The molecule has 1 saturated heterocycles. The lowest BCUT2D eigenvalue weighted by atomic mass is 10.1. The Hall–Kier alpha value is -1.99. The molecule has 3 rings (SSSR count). The molecule has 1 aromatic heterocycles. The fourth-order valence-electron chi connectivity index (χ4n) is 3.12. The molecule has 0 bridgehead atoms. The van der Waals surface area contributed by atoms with Gasteiger partial charge in [0, 0.05) is 37.6 Å². The van der Waals surface area contributed by atoms with Gasteiger partial charge in [-0.05, 0) is 31.5 Å². The first-order valence-electron chi connectivity index (χ1n) is 8.83. The van der Waals surface area contributed by atoms with E-state index in [1.54, 1.807) is 30.5 Å². The third-order valence-electron chi connectivity index (χ3n) is 4.30. The van der Waals surface area contributed by atoms with Crippen LogP contribution in [-0.2, 0) is 11.2 Å². The Kier molecular flexibility index (Phi) is 6.21. The monoisotopic (exact) mass is 376 g/mol. The fraction of sp³-hybridized carbons (Fsp3) is 0.474. The van der Waals surface area contributed by atoms with Crippen molar-refractivity contribution in [2.45, 2.75) is 32.5 Å². The molecule has 0 amide bonds. The first kappa shape index (κ1) is 18.8. The maximum atomic E-state index is 13.2. The summed E-state index contributed by atoms with van der Waals surface area (Å²) in [7, 11) is 1.79. The zero-order valence-corrected chi connectivity index (χ0v) is 16.2. The van der Waals surface area contributed by atoms with E-state index in [1.807, 2.05) is 13.1 Å². The van der Waals surface area contributed by atoms with Crippen LogP contribution < -0.4 is 5.32 Å². The molecule has 26 heavy (non-hydrogen) atoms. The Morgan fingerprint density at radius 2 is 2.15 bits per heavy atom. The molecule has 2 unspecified atom stereocenters. The molecule has 0 spiro atoms. The number of hydrogen-bond donors (Lipinski definition) is 1. The van der Waals surface area contributed by atoms with Gasteiger partial charge < -0.3 is 15.0 Å². The molecule has 1 aliphatic heterocycles. The largest absolute Gasteiger partial charge is 0.367 e. The van der Waals surface area contributed by atoms with Crippen LogP contribution in [0.5, 0.6) is 0 Å². The molecule has 0 aliphatic carbocycles. The predicted molar refractivity (Wildman–Crippen MR) is 103 cm³/mol. The number of halogens is 1. The fourth-order valence-corrected chi connectivity index (χ4v) is 3.90. The number of guanidine groups is 1. The van der Waals surface area contributed by atoms with Gasteiger partial charge in [0.25, 0.3) is 0 Å². The molecule has 1 aliphatic rings. The SMILES string of the molecule is CN=C(NCCc1ncc(C)s1)N1CC(C)OC(c2ccc(F)cc2)C1. The molecule has 7 heteroatoms. The number of morpholine rings is 1. The van der Waals surface area contributed by atoms with Crippen molar-refractivity contribution in [1.29, 1.82) is 0 Å². The summed E-state index contributed by atoms with van der Waals surface area (Å²) in [6.07, 6.45) is 2.75.